The van der Waals surface area contributed by atoms with Crippen LogP contribution in [0, 0.1) is 6.92 Å². The van der Waals surface area contributed by atoms with E-state index in [1.165, 1.54) is 0 Å². The minimum absolute atomic E-state index is 0.770. The number of hydrogen-bond donors (Lipinski definition) is 0. The SMILES string of the molecule is Cc1nc(Br)cc(Sc2cccc(Br)c2)n1. The lowest BCUT2D eigenvalue weighted by atomic mass is 10.4. The van der Waals surface area contributed by atoms with Crippen molar-refractivity contribution in [2.45, 2.75) is 16.8 Å². The molecule has 0 radical (unpaired) electrons. The smallest absolute Gasteiger partial charge is 0.127 e. The molecule has 16 heavy (non-hydrogen) atoms. The van der Waals surface area contributed by atoms with Crippen molar-refractivity contribution in [3.8, 4) is 0 Å². The molecule has 1 aromatic carbocycles. The van der Waals surface area contributed by atoms with Gasteiger partial charge in [-0.3, -0.25) is 0 Å². The lowest BCUT2D eigenvalue weighted by Gasteiger charge is -2.02. The van der Waals surface area contributed by atoms with Crippen LogP contribution in [-0.4, -0.2) is 9.97 Å². The Bertz CT molecular complexity index is 497. The van der Waals surface area contributed by atoms with Gasteiger partial charge in [0.25, 0.3) is 0 Å². The second-order valence-electron chi connectivity index (χ2n) is 3.14. The highest BCUT2D eigenvalue weighted by Gasteiger charge is 2.02. The van der Waals surface area contributed by atoms with Crippen LogP contribution in [0.1, 0.15) is 5.82 Å². The van der Waals surface area contributed by atoms with E-state index in [0.717, 1.165) is 24.8 Å². The highest BCUT2D eigenvalue weighted by atomic mass is 79.9. The maximum absolute atomic E-state index is 4.37. The Labute approximate surface area is 115 Å². The molecule has 2 nitrogen and oxygen atoms in total. The summed E-state index contributed by atoms with van der Waals surface area (Å²) in [5, 5.41) is 0.942. The molecule has 0 saturated carbocycles. The lowest BCUT2D eigenvalue weighted by Crippen LogP contribution is -1.89. The van der Waals surface area contributed by atoms with Crippen molar-refractivity contribution < 1.29 is 0 Å². The molecule has 2 rings (SSSR count). The maximum atomic E-state index is 4.37. The number of hydrogen-bond acceptors (Lipinski definition) is 3. The summed E-state index contributed by atoms with van der Waals surface area (Å²) in [6.07, 6.45) is 0. The van der Waals surface area contributed by atoms with E-state index < -0.39 is 0 Å². The number of benzene rings is 1. The predicted octanol–water partition coefficient (Wildman–Crippen LogP) is 4.46. The molecule has 0 aliphatic heterocycles. The zero-order valence-corrected chi connectivity index (χ0v) is 12.4. The van der Waals surface area contributed by atoms with Gasteiger partial charge in [0.15, 0.2) is 0 Å². The van der Waals surface area contributed by atoms with E-state index in [-0.39, 0.29) is 0 Å². The molecule has 1 heterocycles. The number of halogens is 2. The number of aryl methyl sites for hydroxylation is 1. The second kappa shape index (κ2) is 5.29. The standard InChI is InChI=1S/C11H8Br2N2S/c1-7-14-10(13)6-11(15-7)16-9-4-2-3-8(12)5-9/h2-6H,1H3. The first-order chi connectivity index (χ1) is 7.63. The zero-order chi connectivity index (χ0) is 11.5. The maximum Gasteiger partial charge on any atom is 0.127 e. The third kappa shape index (κ3) is 3.30. The Kier molecular flexibility index (Phi) is 4.00. The normalized spacial score (nSPS) is 10.4. The Morgan fingerprint density at radius 3 is 2.62 bits per heavy atom. The van der Waals surface area contributed by atoms with Gasteiger partial charge in [-0.1, -0.05) is 33.8 Å². The fourth-order valence-corrected chi connectivity index (χ4v) is 3.31. The molecule has 0 spiro atoms. The fraction of sp³-hybridized carbons (Fsp3) is 0.0909. The number of nitrogens with zero attached hydrogens (tertiary/aromatic N) is 2. The summed E-state index contributed by atoms with van der Waals surface area (Å²) in [6.45, 7) is 1.88. The molecule has 1 aromatic heterocycles. The van der Waals surface area contributed by atoms with Crippen LogP contribution in [0.25, 0.3) is 0 Å². The quantitative estimate of drug-likeness (QED) is 0.740. The monoisotopic (exact) mass is 358 g/mol. The highest BCUT2D eigenvalue weighted by molar-refractivity contribution is 9.10. The van der Waals surface area contributed by atoms with E-state index >= 15 is 0 Å². The van der Waals surface area contributed by atoms with Gasteiger partial charge in [-0.15, -0.1) is 0 Å². The predicted molar refractivity (Wildman–Crippen MR) is 72.7 cm³/mol. The molecular weight excluding hydrogens is 352 g/mol. The molecule has 82 valence electrons. The molecule has 0 aliphatic carbocycles. The van der Waals surface area contributed by atoms with Crippen LogP contribution < -0.4 is 0 Å². The van der Waals surface area contributed by atoms with Gasteiger partial charge in [0.05, 0.1) is 0 Å². The summed E-state index contributed by atoms with van der Waals surface area (Å²) in [7, 11) is 0. The summed E-state index contributed by atoms with van der Waals surface area (Å²) >= 11 is 8.44. The van der Waals surface area contributed by atoms with Crippen LogP contribution in [0.15, 0.2) is 49.3 Å². The average molecular weight is 360 g/mol. The Morgan fingerprint density at radius 1 is 1.12 bits per heavy atom. The van der Waals surface area contributed by atoms with Gasteiger partial charge >= 0.3 is 0 Å². The molecule has 0 amide bonds. The van der Waals surface area contributed by atoms with Crippen LogP contribution in [0.3, 0.4) is 0 Å². The molecule has 0 saturated heterocycles. The average Bonchev–Trinajstić information content (AvgIpc) is 2.15. The third-order valence-corrected chi connectivity index (χ3v) is 3.61. The van der Waals surface area contributed by atoms with Crippen LogP contribution in [-0.2, 0) is 0 Å². The molecule has 2 aromatic rings. The molecule has 5 heteroatoms. The van der Waals surface area contributed by atoms with Gasteiger partial charge in [0, 0.05) is 15.4 Å². The molecule has 0 bridgehead atoms. The van der Waals surface area contributed by atoms with Gasteiger partial charge in [-0.25, -0.2) is 9.97 Å². The van der Waals surface area contributed by atoms with Crippen molar-refractivity contribution in [1.82, 2.24) is 9.97 Å². The van der Waals surface area contributed by atoms with E-state index in [1.807, 2.05) is 25.1 Å². The Balaban J connectivity index is 2.27. The molecule has 0 atom stereocenters. The number of aromatic nitrogens is 2. The van der Waals surface area contributed by atoms with Crippen LogP contribution >= 0.6 is 43.6 Å². The van der Waals surface area contributed by atoms with Crippen molar-refractivity contribution in [1.29, 1.82) is 0 Å². The zero-order valence-electron chi connectivity index (χ0n) is 8.45. The highest BCUT2D eigenvalue weighted by Crippen LogP contribution is 2.29. The first-order valence-corrected chi connectivity index (χ1v) is 6.98. The lowest BCUT2D eigenvalue weighted by molar-refractivity contribution is 0.951. The van der Waals surface area contributed by atoms with Crippen molar-refractivity contribution in [2.75, 3.05) is 0 Å². The van der Waals surface area contributed by atoms with Gasteiger partial charge < -0.3 is 0 Å². The summed E-state index contributed by atoms with van der Waals surface area (Å²) in [5.41, 5.74) is 0. The van der Waals surface area contributed by atoms with Gasteiger partial charge in [0.1, 0.15) is 15.5 Å². The van der Waals surface area contributed by atoms with Crippen LogP contribution in [0.4, 0.5) is 0 Å². The molecule has 0 aliphatic rings. The summed E-state index contributed by atoms with van der Waals surface area (Å²) < 4.78 is 1.89. The summed E-state index contributed by atoms with van der Waals surface area (Å²) in [5.74, 6) is 0.770. The van der Waals surface area contributed by atoms with Gasteiger partial charge in [0.2, 0.25) is 0 Å². The topological polar surface area (TPSA) is 25.8 Å². The van der Waals surface area contributed by atoms with Crippen molar-refractivity contribution in [2.24, 2.45) is 0 Å². The van der Waals surface area contributed by atoms with E-state index in [0.29, 0.717) is 0 Å². The minimum Gasteiger partial charge on any atom is -0.226 e. The van der Waals surface area contributed by atoms with Crippen molar-refractivity contribution in [3.05, 3.63) is 45.2 Å². The molecule has 0 fully saturated rings. The largest absolute Gasteiger partial charge is 0.226 e. The van der Waals surface area contributed by atoms with Crippen LogP contribution in [0.5, 0.6) is 0 Å². The van der Waals surface area contributed by atoms with E-state index in [9.17, 15) is 0 Å². The molecule has 0 unspecified atom stereocenters. The first-order valence-electron chi connectivity index (χ1n) is 4.58. The molecule has 0 N–H and O–H groups in total. The Morgan fingerprint density at radius 2 is 1.94 bits per heavy atom. The van der Waals surface area contributed by atoms with Crippen molar-refractivity contribution >= 4 is 43.6 Å². The van der Waals surface area contributed by atoms with Gasteiger partial charge in [-0.05, 0) is 41.1 Å². The Hall–Kier alpha value is -0.390. The van der Waals surface area contributed by atoms with E-state index in [2.05, 4.69) is 54.0 Å². The summed E-state index contributed by atoms with van der Waals surface area (Å²) in [6, 6.07) is 10.1. The summed E-state index contributed by atoms with van der Waals surface area (Å²) in [4.78, 5) is 9.69. The first kappa shape index (κ1) is 12.1. The fourth-order valence-electron chi connectivity index (χ4n) is 1.21. The van der Waals surface area contributed by atoms with E-state index in [1.54, 1.807) is 11.8 Å². The van der Waals surface area contributed by atoms with Gasteiger partial charge in [-0.2, -0.15) is 0 Å². The molecular formula is C11H8Br2N2S. The number of rotatable bonds is 2. The van der Waals surface area contributed by atoms with Crippen molar-refractivity contribution in [3.63, 3.8) is 0 Å². The van der Waals surface area contributed by atoms with Crippen LogP contribution in [0.2, 0.25) is 0 Å². The minimum atomic E-state index is 0.770. The second-order valence-corrected chi connectivity index (χ2v) is 5.96. The van der Waals surface area contributed by atoms with E-state index in [4.69, 9.17) is 0 Å². The third-order valence-electron chi connectivity index (χ3n) is 1.80.